The molecular weight excluding hydrogens is 356 g/mol. The van der Waals surface area contributed by atoms with Gasteiger partial charge >= 0.3 is 0 Å². The summed E-state index contributed by atoms with van der Waals surface area (Å²) >= 11 is 0. The molecule has 2 aliphatic rings. The van der Waals surface area contributed by atoms with E-state index in [-0.39, 0.29) is 17.2 Å². The molecule has 1 aliphatic carbocycles. The number of ether oxygens (including phenoxy) is 1. The van der Waals surface area contributed by atoms with E-state index in [4.69, 9.17) is 14.2 Å². The van der Waals surface area contributed by atoms with E-state index in [2.05, 4.69) is 22.3 Å². The van der Waals surface area contributed by atoms with Crippen LogP contribution in [0.15, 0.2) is 41.2 Å². The molecule has 1 amide bonds. The van der Waals surface area contributed by atoms with Crippen LogP contribution in [0.5, 0.6) is 0 Å². The first-order chi connectivity index (χ1) is 13.7. The van der Waals surface area contributed by atoms with Crippen LogP contribution >= 0.6 is 0 Å². The van der Waals surface area contributed by atoms with E-state index in [0.29, 0.717) is 24.9 Å². The quantitative estimate of drug-likeness (QED) is 0.715. The number of allylic oxidation sites excluding steroid dienone is 2. The SMILES string of the molecule is COCCC1(c2noc(-c3cccnc3)n2)CCCN(C(=O)C2CC=CC2)C1. The van der Waals surface area contributed by atoms with Crippen molar-refractivity contribution in [3.05, 3.63) is 42.5 Å². The number of carbonyl (C=O) groups excluding carboxylic acids is 1. The fourth-order valence-electron chi connectivity index (χ4n) is 4.24. The third-order valence-electron chi connectivity index (χ3n) is 5.84. The minimum absolute atomic E-state index is 0.0782. The van der Waals surface area contributed by atoms with Crippen molar-refractivity contribution in [1.82, 2.24) is 20.0 Å². The summed E-state index contributed by atoms with van der Waals surface area (Å²) in [6.45, 7) is 1.98. The van der Waals surface area contributed by atoms with Crippen molar-refractivity contribution in [3.8, 4) is 11.5 Å². The minimum atomic E-state index is -0.347. The summed E-state index contributed by atoms with van der Waals surface area (Å²) < 4.78 is 10.9. The molecule has 2 aromatic heterocycles. The molecule has 7 nitrogen and oxygen atoms in total. The van der Waals surface area contributed by atoms with Gasteiger partial charge in [0.2, 0.25) is 5.91 Å². The van der Waals surface area contributed by atoms with E-state index in [9.17, 15) is 4.79 Å². The lowest BCUT2D eigenvalue weighted by atomic mass is 9.76. The molecule has 2 aromatic rings. The zero-order valence-corrected chi connectivity index (χ0v) is 16.2. The fraction of sp³-hybridized carbons (Fsp3) is 0.524. The van der Waals surface area contributed by atoms with Crippen molar-refractivity contribution < 1.29 is 14.1 Å². The average molecular weight is 382 g/mol. The van der Waals surface area contributed by atoms with Crippen LogP contribution in [-0.2, 0) is 14.9 Å². The molecule has 0 saturated carbocycles. The van der Waals surface area contributed by atoms with E-state index >= 15 is 0 Å². The number of hydrogen-bond donors (Lipinski definition) is 0. The molecule has 148 valence electrons. The van der Waals surface area contributed by atoms with Crippen LogP contribution in [0, 0.1) is 5.92 Å². The Labute approximate surface area is 164 Å². The molecule has 0 N–H and O–H groups in total. The molecule has 7 heteroatoms. The summed E-state index contributed by atoms with van der Waals surface area (Å²) in [4.78, 5) is 23.8. The van der Waals surface area contributed by atoms with Gasteiger partial charge in [-0.3, -0.25) is 9.78 Å². The average Bonchev–Trinajstić information content (AvgIpc) is 3.45. The van der Waals surface area contributed by atoms with Crippen LogP contribution in [0.1, 0.15) is 37.9 Å². The molecule has 0 aromatic carbocycles. The summed E-state index contributed by atoms with van der Waals surface area (Å²) in [6.07, 6.45) is 11.9. The molecule has 4 rings (SSSR count). The number of pyridine rings is 1. The molecule has 28 heavy (non-hydrogen) atoms. The van der Waals surface area contributed by atoms with Crippen LogP contribution in [0.4, 0.5) is 0 Å². The Morgan fingerprint density at radius 3 is 3.00 bits per heavy atom. The van der Waals surface area contributed by atoms with Crippen LogP contribution in [0.25, 0.3) is 11.5 Å². The number of hydrogen-bond acceptors (Lipinski definition) is 6. The summed E-state index contributed by atoms with van der Waals surface area (Å²) in [7, 11) is 1.70. The van der Waals surface area contributed by atoms with Gasteiger partial charge in [0, 0.05) is 45.1 Å². The Morgan fingerprint density at radius 2 is 2.25 bits per heavy atom. The van der Waals surface area contributed by atoms with Crippen molar-refractivity contribution in [3.63, 3.8) is 0 Å². The van der Waals surface area contributed by atoms with E-state index in [1.807, 2.05) is 17.0 Å². The number of amides is 1. The summed E-state index contributed by atoms with van der Waals surface area (Å²) in [5, 5.41) is 4.31. The Bertz CT molecular complexity index is 827. The lowest BCUT2D eigenvalue weighted by Gasteiger charge is -2.41. The number of aromatic nitrogens is 3. The fourth-order valence-corrected chi connectivity index (χ4v) is 4.24. The second-order valence-corrected chi connectivity index (χ2v) is 7.69. The van der Waals surface area contributed by atoms with E-state index < -0.39 is 0 Å². The normalized spacial score (nSPS) is 22.7. The maximum absolute atomic E-state index is 13.0. The second kappa shape index (κ2) is 8.22. The van der Waals surface area contributed by atoms with Gasteiger partial charge in [-0.2, -0.15) is 4.98 Å². The first kappa shape index (κ1) is 18.8. The molecule has 3 heterocycles. The Balaban J connectivity index is 1.59. The maximum Gasteiger partial charge on any atom is 0.259 e. The van der Waals surface area contributed by atoms with Crippen molar-refractivity contribution in [2.45, 2.75) is 37.5 Å². The van der Waals surface area contributed by atoms with Gasteiger partial charge in [0.25, 0.3) is 5.89 Å². The predicted molar refractivity (Wildman–Crippen MR) is 103 cm³/mol. The van der Waals surface area contributed by atoms with Crippen LogP contribution in [0.3, 0.4) is 0 Å². The Morgan fingerprint density at radius 1 is 1.39 bits per heavy atom. The maximum atomic E-state index is 13.0. The number of likely N-dealkylation sites (tertiary alicyclic amines) is 1. The van der Waals surface area contributed by atoms with Crippen molar-refractivity contribution in [1.29, 1.82) is 0 Å². The topological polar surface area (TPSA) is 81.3 Å². The van der Waals surface area contributed by atoms with Gasteiger partial charge in [-0.1, -0.05) is 17.3 Å². The van der Waals surface area contributed by atoms with Gasteiger partial charge in [-0.25, -0.2) is 0 Å². The highest BCUT2D eigenvalue weighted by molar-refractivity contribution is 5.80. The second-order valence-electron chi connectivity index (χ2n) is 7.69. The predicted octanol–water partition coefficient (Wildman–Crippen LogP) is 2.99. The number of rotatable bonds is 6. The van der Waals surface area contributed by atoms with Crippen molar-refractivity contribution >= 4 is 5.91 Å². The standard InChI is InChI=1S/C21H26N4O3/c1-27-13-10-21(20-23-18(28-24-20)17-8-4-11-22-14-17)9-5-12-25(15-21)19(26)16-6-2-3-7-16/h2-4,8,11,14,16H,5-7,9-10,12-13,15H2,1H3. The van der Waals surface area contributed by atoms with E-state index in [1.54, 1.807) is 19.5 Å². The highest BCUT2D eigenvalue weighted by Gasteiger charge is 2.43. The van der Waals surface area contributed by atoms with Gasteiger partial charge in [-0.15, -0.1) is 0 Å². The van der Waals surface area contributed by atoms with Crippen LogP contribution < -0.4 is 0 Å². The first-order valence-corrected chi connectivity index (χ1v) is 9.89. The lowest BCUT2D eigenvalue weighted by Crippen LogP contribution is -2.51. The summed E-state index contributed by atoms with van der Waals surface area (Å²) in [6, 6.07) is 3.74. The Hall–Kier alpha value is -2.54. The lowest BCUT2D eigenvalue weighted by molar-refractivity contribution is -0.137. The van der Waals surface area contributed by atoms with Crippen molar-refractivity contribution in [2.75, 3.05) is 26.8 Å². The molecule has 0 spiro atoms. The van der Waals surface area contributed by atoms with Crippen molar-refractivity contribution in [2.24, 2.45) is 5.92 Å². The number of piperidine rings is 1. The largest absolute Gasteiger partial charge is 0.385 e. The highest BCUT2D eigenvalue weighted by atomic mass is 16.5. The molecule has 1 atom stereocenters. The highest BCUT2D eigenvalue weighted by Crippen LogP contribution is 2.37. The zero-order chi connectivity index (χ0) is 19.4. The monoisotopic (exact) mass is 382 g/mol. The molecule has 0 radical (unpaired) electrons. The Kier molecular flexibility index (Phi) is 5.52. The number of nitrogens with zero attached hydrogens (tertiary/aromatic N) is 4. The van der Waals surface area contributed by atoms with Crippen LogP contribution in [-0.4, -0.2) is 52.7 Å². The molecular formula is C21H26N4O3. The molecule has 0 bridgehead atoms. The van der Waals surface area contributed by atoms with Gasteiger partial charge in [0.15, 0.2) is 5.82 Å². The molecule has 1 saturated heterocycles. The van der Waals surface area contributed by atoms with Gasteiger partial charge in [0.05, 0.1) is 11.0 Å². The van der Waals surface area contributed by atoms with E-state index in [1.165, 1.54) is 0 Å². The third-order valence-corrected chi connectivity index (χ3v) is 5.84. The van der Waals surface area contributed by atoms with E-state index in [0.717, 1.165) is 44.2 Å². The molecule has 1 fully saturated rings. The van der Waals surface area contributed by atoms with Crippen LogP contribution in [0.2, 0.25) is 0 Å². The zero-order valence-electron chi connectivity index (χ0n) is 16.2. The smallest absolute Gasteiger partial charge is 0.259 e. The summed E-state index contributed by atoms with van der Waals surface area (Å²) in [5.41, 5.74) is 0.448. The number of methoxy groups -OCH3 is 1. The first-order valence-electron chi connectivity index (χ1n) is 9.89. The number of carbonyl (C=O) groups is 1. The minimum Gasteiger partial charge on any atom is -0.385 e. The van der Waals surface area contributed by atoms with Gasteiger partial charge in [0.1, 0.15) is 0 Å². The molecule has 1 unspecified atom stereocenters. The van der Waals surface area contributed by atoms with Gasteiger partial charge < -0.3 is 14.2 Å². The summed E-state index contributed by atoms with van der Waals surface area (Å²) in [5.74, 6) is 1.44. The third kappa shape index (κ3) is 3.71. The molecule has 1 aliphatic heterocycles. The van der Waals surface area contributed by atoms with Gasteiger partial charge in [-0.05, 0) is 44.2 Å².